The summed E-state index contributed by atoms with van der Waals surface area (Å²) in [6.45, 7) is 3.37. The van der Waals surface area contributed by atoms with Gasteiger partial charge in [-0.1, -0.05) is 44.2 Å². The van der Waals surface area contributed by atoms with Gasteiger partial charge in [0, 0.05) is 5.56 Å². The zero-order chi connectivity index (χ0) is 20.6. The van der Waals surface area contributed by atoms with E-state index in [1.165, 1.54) is 6.07 Å². The molecule has 1 aromatic heterocycles. The van der Waals surface area contributed by atoms with Gasteiger partial charge in [0.25, 0.3) is 5.56 Å². The smallest absolute Gasteiger partial charge is 0.354 e. The van der Waals surface area contributed by atoms with Crippen LogP contribution in [-0.4, -0.2) is 34.4 Å². The van der Waals surface area contributed by atoms with Crippen LogP contribution in [-0.2, 0) is 28.3 Å². The Kier molecular flexibility index (Phi) is 7.92. The molecule has 0 aliphatic heterocycles. The lowest BCUT2D eigenvalue weighted by atomic mass is 9.88. The number of benzene rings is 1. The van der Waals surface area contributed by atoms with Crippen LogP contribution >= 0.6 is 0 Å². The van der Waals surface area contributed by atoms with E-state index in [1.807, 2.05) is 37.3 Å². The van der Waals surface area contributed by atoms with Gasteiger partial charge in [-0.05, 0) is 30.0 Å². The Morgan fingerprint density at radius 3 is 2.50 bits per heavy atom. The summed E-state index contributed by atoms with van der Waals surface area (Å²) in [5, 5.41) is 20.5. The molecule has 3 N–H and O–H groups in total. The Morgan fingerprint density at radius 2 is 1.89 bits per heavy atom. The molecule has 2 aromatic rings. The van der Waals surface area contributed by atoms with Gasteiger partial charge >= 0.3 is 5.97 Å². The van der Waals surface area contributed by atoms with Crippen LogP contribution in [0.25, 0.3) is 0 Å². The third kappa shape index (κ3) is 5.28. The molecule has 152 valence electrons. The minimum absolute atomic E-state index is 0.0689. The summed E-state index contributed by atoms with van der Waals surface area (Å²) in [6, 6.07) is 10.8. The number of carbonyl (C=O) groups excluding carboxylic acids is 1. The zero-order valence-electron chi connectivity index (χ0n) is 16.2. The van der Waals surface area contributed by atoms with Gasteiger partial charge in [-0.15, -0.1) is 0 Å². The first-order chi connectivity index (χ1) is 13.4. The van der Waals surface area contributed by atoms with Gasteiger partial charge in [-0.2, -0.15) is 0 Å². The maximum Gasteiger partial charge on any atom is 0.354 e. The summed E-state index contributed by atoms with van der Waals surface area (Å²) in [6.07, 6.45) is 0.797. The molecule has 0 aliphatic carbocycles. The summed E-state index contributed by atoms with van der Waals surface area (Å²) in [5.74, 6) is -0.687. The summed E-state index contributed by atoms with van der Waals surface area (Å²) in [7, 11) is 0. The van der Waals surface area contributed by atoms with Gasteiger partial charge in [-0.3, -0.25) is 4.79 Å². The number of hydrogen-bond donors (Lipinski definition) is 3. The highest BCUT2D eigenvalue weighted by Gasteiger charge is 2.32. The van der Waals surface area contributed by atoms with Crippen molar-refractivity contribution in [3.63, 3.8) is 0 Å². The molecule has 1 heterocycles. The van der Waals surface area contributed by atoms with Crippen LogP contribution in [0, 0.1) is 0 Å². The van der Waals surface area contributed by atoms with Gasteiger partial charge in [0.1, 0.15) is 11.3 Å². The van der Waals surface area contributed by atoms with E-state index >= 15 is 0 Å². The quantitative estimate of drug-likeness (QED) is 0.538. The first-order valence-corrected chi connectivity index (χ1v) is 9.33. The monoisotopic (exact) mass is 389 g/mol. The minimum Gasteiger partial charge on any atom is -0.461 e. The van der Waals surface area contributed by atoms with Gasteiger partial charge in [-0.25, -0.2) is 4.79 Å². The predicted molar refractivity (Wildman–Crippen MR) is 104 cm³/mol. The second-order valence-corrected chi connectivity index (χ2v) is 6.56. The van der Waals surface area contributed by atoms with Crippen molar-refractivity contribution < 1.29 is 24.5 Å². The average Bonchev–Trinajstić information content (AvgIpc) is 2.72. The maximum atomic E-state index is 12.6. The van der Waals surface area contributed by atoms with E-state index in [1.54, 1.807) is 6.92 Å². The fourth-order valence-corrected chi connectivity index (χ4v) is 2.76. The standard InChI is InChI=1S/C21H27NO6/c1-3-10-28-20(25)18-11-17(21(26,4-2)14-23)16(19(24)22-18)13-27-12-15-8-6-5-7-9-15/h5-9,11,23,26H,3-4,10,12-14H2,1-2H3,(H,22,24)/t21-/m0/s1. The molecule has 2 rings (SSSR count). The van der Waals surface area contributed by atoms with Crippen LogP contribution in [0.15, 0.2) is 41.2 Å². The van der Waals surface area contributed by atoms with Crippen LogP contribution in [0.5, 0.6) is 0 Å². The highest BCUT2D eigenvalue weighted by atomic mass is 16.5. The van der Waals surface area contributed by atoms with E-state index in [4.69, 9.17) is 9.47 Å². The molecule has 0 bridgehead atoms. The van der Waals surface area contributed by atoms with Crippen molar-refractivity contribution in [2.75, 3.05) is 13.2 Å². The topological polar surface area (TPSA) is 109 Å². The number of aromatic nitrogens is 1. The molecule has 0 saturated heterocycles. The number of H-pyrrole nitrogens is 1. The van der Waals surface area contributed by atoms with Crippen LogP contribution in [0.1, 0.15) is 53.9 Å². The average molecular weight is 389 g/mol. The van der Waals surface area contributed by atoms with E-state index in [9.17, 15) is 19.8 Å². The largest absolute Gasteiger partial charge is 0.461 e. The molecule has 0 unspecified atom stereocenters. The minimum atomic E-state index is -1.67. The van der Waals surface area contributed by atoms with Crippen molar-refractivity contribution in [1.29, 1.82) is 0 Å². The number of ether oxygens (including phenoxy) is 2. The second-order valence-electron chi connectivity index (χ2n) is 6.56. The number of aliphatic hydroxyl groups excluding tert-OH is 1. The van der Waals surface area contributed by atoms with Crippen molar-refractivity contribution in [3.05, 3.63) is 69.1 Å². The molecule has 0 radical (unpaired) electrons. The van der Waals surface area contributed by atoms with Crippen molar-refractivity contribution in [3.8, 4) is 0 Å². The first-order valence-electron chi connectivity index (χ1n) is 9.33. The molecule has 0 spiro atoms. The zero-order valence-corrected chi connectivity index (χ0v) is 16.2. The maximum absolute atomic E-state index is 12.6. The lowest BCUT2D eigenvalue weighted by Crippen LogP contribution is -2.35. The Balaban J connectivity index is 2.34. The van der Waals surface area contributed by atoms with Crippen LogP contribution < -0.4 is 5.56 Å². The van der Waals surface area contributed by atoms with E-state index < -0.39 is 23.7 Å². The molecular weight excluding hydrogens is 362 g/mol. The lowest BCUT2D eigenvalue weighted by Gasteiger charge is -2.27. The first kappa shape index (κ1) is 21.8. The van der Waals surface area contributed by atoms with Gasteiger partial charge in [0.15, 0.2) is 0 Å². The molecule has 7 heteroatoms. The molecule has 7 nitrogen and oxygen atoms in total. The molecule has 1 aromatic carbocycles. The number of nitrogens with one attached hydrogen (secondary N) is 1. The Morgan fingerprint density at radius 1 is 1.18 bits per heavy atom. The fourth-order valence-electron chi connectivity index (χ4n) is 2.76. The highest BCUT2D eigenvalue weighted by molar-refractivity contribution is 5.87. The lowest BCUT2D eigenvalue weighted by molar-refractivity contribution is -0.0248. The van der Waals surface area contributed by atoms with Gasteiger partial charge < -0.3 is 24.7 Å². The number of esters is 1. The summed E-state index contributed by atoms with van der Waals surface area (Å²) < 4.78 is 10.7. The number of carbonyl (C=O) groups is 1. The van der Waals surface area contributed by atoms with E-state index in [-0.39, 0.29) is 43.1 Å². The summed E-state index contributed by atoms with van der Waals surface area (Å²) in [5.41, 5.74) is -1.03. The highest BCUT2D eigenvalue weighted by Crippen LogP contribution is 2.27. The molecule has 28 heavy (non-hydrogen) atoms. The third-order valence-corrected chi connectivity index (χ3v) is 4.50. The molecule has 0 fully saturated rings. The number of aromatic amines is 1. The van der Waals surface area contributed by atoms with E-state index in [0.717, 1.165) is 5.56 Å². The molecule has 1 atom stereocenters. The molecule has 0 saturated carbocycles. The summed E-state index contributed by atoms with van der Waals surface area (Å²) >= 11 is 0. The summed E-state index contributed by atoms with van der Waals surface area (Å²) in [4.78, 5) is 27.3. The Labute approximate surface area is 163 Å². The van der Waals surface area contributed by atoms with Gasteiger partial charge in [0.05, 0.1) is 26.4 Å². The fraction of sp³-hybridized carbons (Fsp3) is 0.429. The second kappa shape index (κ2) is 10.2. The number of pyridine rings is 1. The van der Waals surface area contributed by atoms with Crippen LogP contribution in [0.2, 0.25) is 0 Å². The van der Waals surface area contributed by atoms with Crippen molar-refractivity contribution in [1.82, 2.24) is 4.98 Å². The predicted octanol–water partition coefficient (Wildman–Crippen LogP) is 2.25. The Hall–Kier alpha value is -2.48. The van der Waals surface area contributed by atoms with Crippen molar-refractivity contribution in [2.45, 2.75) is 45.5 Å². The van der Waals surface area contributed by atoms with Crippen molar-refractivity contribution in [2.24, 2.45) is 0 Å². The van der Waals surface area contributed by atoms with Crippen LogP contribution in [0.3, 0.4) is 0 Å². The Bertz CT molecular complexity index is 827. The third-order valence-electron chi connectivity index (χ3n) is 4.50. The van der Waals surface area contributed by atoms with Crippen LogP contribution in [0.4, 0.5) is 0 Å². The number of rotatable bonds is 10. The molecule has 0 amide bonds. The van der Waals surface area contributed by atoms with Crippen molar-refractivity contribution >= 4 is 5.97 Å². The number of aliphatic hydroxyl groups is 2. The van der Waals surface area contributed by atoms with E-state index in [0.29, 0.717) is 6.42 Å². The number of hydrogen-bond acceptors (Lipinski definition) is 6. The molecular formula is C21H27NO6. The molecule has 0 aliphatic rings. The normalized spacial score (nSPS) is 13.1. The van der Waals surface area contributed by atoms with E-state index in [2.05, 4.69) is 4.98 Å². The van der Waals surface area contributed by atoms with Gasteiger partial charge in [0.2, 0.25) is 0 Å². The SMILES string of the molecule is CCCOC(=O)c1cc([C@](O)(CC)CO)c(COCc2ccccc2)c(=O)[nH]1.